The maximum atomic E-state index is 2.44. The van der Waals surface area contributed by atoms with Gasteiger partial charge in [0.05, 0.1) is 5.69 Å². The molecule has 0 saturated carbocycles. The summed E-state index contributed by atoms with van der Waals surface area (Å²) < 4.78 is 0. The lowest BCUT2D eigenvalue weighted by molar-refractivity contribution is 0.660. The summed E-state index contributed by atoms with van der Waals surface area (Å²) in [5, 5.41) is 0. The van der Waals surface area contributed by atoms with Gasteiger partial charge in [-0.1, -0.05) is 204 Å². The molecule has 1 heteroatoms. The molecule has 1 nitrogen and oxygen atoms in total. The molecule has 0 unspecified atom stereocenters. The summed E-state index contributed by atoms with van der Waals surface area (Å²) in [6.45, 7) is 9.41. The lowest BCUT2D eigenvalue weighted by Crippen LogP contribution is -2.15. The first-order valence-electron chi connectivity index (χ1n) is 21.5. The van der Waals surface area contributed by atoms with Crippen LogP contribution in [0, 0.1) is 0 Å². The molecule has 0 bridgehead atoms. The van der Waals surface area contributed by atoms with Crippen molar-refractivity contribution in [2.75, 3.05) is 4.90 Å². The van der Waals surface area contributed by atoms with Gasteiger partial charge < -0.3 is 4.90 Å². The number of fused-ring (bicyclic) bond motifs is 6. The summed E-state index contributed by atoms with van der Waals surface area (Å²) >= 11 is 0. The first-order valence-corrected chi connectivity index (χ1v) is 21.5. The zero-order valence-electron chi connectivity index (χ0n) is 35.2. The maximum Gasteiger partial charge on any atom is 0.0540 e. The Morgan fingerprint density at radius 1 is 0.279 bits per heavy atom. The summed E-state index contributed by atoms with van der Waals surface area (Å²) in [5.74, 6) is 0. The van der Waals surface area contributed by atoms with Crippen LogP contribution in [-0.4, -0.2) is 0 Å². The highest BCUT2D eigenvalue weighted by Gasteiger charge is 2.37. The van der Waals surface area contributed by atoms with E-state index in [0.29, 0.717) is 0 Å². The van der Waals surface area contributed by atoms with Crippen molar-refractivity contribution in [2.45, 2.75) is 38.5 Å². The van der Waals surface area contributed by atoms with Crippen LogP contribution in [0.3, 0.4) is 0 Å². The van der Waals surface area contributed by atoms with Crippen LogP contribution in [-0.2, 0) is 10.8 Å². The van der Waals surface area contributed by atoms with E-state index in [4.69, 9.17) is 0 Å². The molecular formula is C60H47N. The van der Waals surface area contributed by atoms with Gasteiger partial charge in [0.15, 0.2) is 0 Å². The zero-order chi connectivity index (χ0) is 41.3. The smallest absolute Gasteiger partial charge is 0.0540 e. The van der Waals surface area contributed by atoms with Crippen LogP contribution in [0.15, 0.2) is 212 Å². The Hall–Kier alpha value is -7.22. The second-order valence-corrected chi connectivity index (χ2v) is 17.7. The molecule has 0 heterocycles. The molecule has 0 spiro atoms. The monoisotopic (exact) mass is 781 g/mol. The molecule has 0 fully saturated rings. The summed E-state index contributed by atoms with van der Waals surface area (Å²) in [5.41, 5.74) is 23.9. The molecule has 0 amide bonds. The van der Waals surface area contributed by atoms with E-state index in [1.807, 2.05) is 0 Å². The normalized spacial score (nSPS) is 13.8. The highest BCUT2D eigenvalue weighted by Crippen LogP contribution is 2.54. The summed E-state index contributed by atoms with van der Waals surface area (Å²) in [4.78, 5) is 2.44. The van der Waals surface area contributed by atoms with Crippen molar-refractivity contribution in [1.82, 2.24) is 0 Å². The van der Waals surface area contributed by atoms with Crippen LogP contribution in [0.4, 0.5) is 17.1 Å². The van der Waals surface area contributed by atoms with Gasteiger partial charge in [0.1, 0.15) is 0 Å². The first kappa shape index (κ1) is 36.8. The number of para-hydroxylation sites is 1. The molecule has 2 aliphatic rings. The van der Waals surface area contributed by atoms with E-state index in [0.717, 1.165) is 17.1 Å². The van der Waals surface area contributed by atoms with E-state index in [2.05, 4.69) is 245 Å². The average Bonchev–Trinajstić information content (AvgIpc) is 3.69. The fourth-order valence-electron chi connectivity index (χ4n) is 10.3. The summed E-state index contributed by atoms with van der Waals surface area (Å²) in [7, 11) is 0. The molecule has 0 atom stereocenters. The first-order chi connectivity index (χ1) is 29.8. The fraction of sp³-hybridized carbons (Fsp3) is 0.100. The highest BCUT2D eigenvalue weighted by molar-refractivity contribution is 5.98. The lowest BCUT2D eigenvalue weighted by Gasteiger charge is -2.29. The maximum absolute atomic E-state index is 2.44. The predicted molar refractivity (Wildman–Crippen MR) is 258 cm³/mol. The van der Waals surface area contributed by atoms with E-state index < -0.39 is 0 Å². The summed E-state index contributed by atoms with van der Waals surface area (Å²) in [6, 6.07) is 78.4. The van der Waals surface area contributed by atoms with Gasteiger partial charge in [-0.15, -0.1) is 0 Å². The molecule has 11 rings (SSSR count). The third kappa shape index (κ3) is 5.99. The molecule has 0 N–H and O–H groups in total. The molecular weight excluding hydrogens is 735 g/mol. The minimum absolute atomic E-state index is 0.0138. The van der Waals surface area contributed by atoms with Crippen LogP contribution in [0.1, 0.15) is 49.9 Å². The van der Waals surface area contributed by atoms with Crippen molar-refractivity contribution in [2.24, 2.45) is 0 Å². The minimum Gasteiger partial charge on any atom is -0.310 e. The SMILES string of the molecule is CC1(C)c2ccccc2-c2cc(-c3ccc(N(c4ccc(-c5ccc(-c6ccccc6)cc5)cc4)c4ccccc4-c4cccc5c4-c4ccccc4C5(C)C)cc3)ccc21. The van der Waals surface area contributed by atoms with E-state index in [-0.39, 0.29) is 10.8 Å². The Morgan fingerprint density at radius 2 is 0.689 bits per heavy atom. The minimum atomic E-state index is -0.0864. The molecule has 0 aliphatic heterocycles. The number of nitrogens with zero attached hydrogens (tertiary/aromatic N) is 1. The third-order valence-corrected chi connectivity index (χ3v) is 13.5. The average molecular weight is 782 g/mol. The molecule has 2 aliphatic carbocycles. The molecule has 61 heavy (non-hydrogen) atoms. The molecule has 0 aromatic heterocycles. The topological polar surface area (TPSA) is 3.24 Å². The van der Waals surface area contributed by atoms with Crippen molar-refractivity contribution < 1.29 is 0 Å². The predicted octanol–water partition coefficient (Wildman–Crippen LogP) is 16.4. The Labute approximate surface area is 360 Å². The largest absolute Gasteiger partial charge is 0.310 e. The van der Waals surface area contributed by atoms with Crippen LogP contribution >= 0.6 is 0 Å². The number of hydrogen-bond donors (Lipinski definition) is 0. The number of benzene rings is 9. The van der Waals surface area contributed by atoms with Crippen LogP contribution in [0.2, 0.25) is 0 Å². The standard InChI is InChI=1S/C60H47N/c1-59(2)53-21-11-8-17-48(53)52-39-45(33-38-55(52)59)44-31-36-47(37-32-44)61(46-34-29-43(30-35-46)42-27-25-41(26-28-42)40-15-6-5-7-16-40)57-24-13-10-18-49(57)50-20-14-23-56-58(50)51-19-9-12-22-54(51)60(56,3)4/h5-39H,1-4H3. The van der Waals surface area contributed by atoms with Gasteiger partial charge >= 0.3 is 0 Å². The van der Waals surface area contributed by atoms with E-state index in [1.165, 1.54) is 89.0 Å². The van der Waals surface area contributed by atoms with Crippen LogP contribution < -0.4 is 4.90 Å². The van der Waals surface area contributed by atoms with E-state index in [1.54, 1.807) is 0 Å². The number of anilines is 3. The van der Waals surface area contributed by atoms with Gasteiger partial charge in [-0.05, 0) is 120 Å². The van der Waals surface area contributed by atoms with Crippen molar-refractivity contribution in [3.63, 3.8) is 0 Å². The van der Waals surface area contributed by atoms with E-state index in [9.17, 15) is 0 Å². The second kappa shape index (κ2) is 14.2. The van der Waals surface area contributed by atoms with Crippen molar-refractivity contribution in [3.05, 3.63) is 235 Å². The highest BCUT2D eigenvalue weighted by atomic mass is 15.1. The van der Waals surface area contributed by atoms with Crippen LogP contribution in [0.25, 0.3) is 66.8 Å². The molecule has 9 aromatic rings. The van der Waals surface area contributed by atoms with Gasteiger partial charge in [0.2, 0.25) is 0 Å². The van der Waals surface area contributed by atoms with Gasteiger partial charge in [-0.2, -0.15) is 0 Å². The molecule has 0 saturated heterocycles. The van der Waals surface area contributed by atoms with Gasteiger partial charge in [0, 0.05) is 27.8 Å². The Balaban J connectivity index is 1.02. The van der Waals surface area contributed by atoms with Gasteiger partial charge in [0.25, 0.3) is 0 Å². The molecule has 9 aromatic carbocycles. The van der Waals surface area contributed by atoms with Crippen molar-refractivity contribution in [3.8, 4) is 66.8 Å². The quantitative estimate of drug-likeness (QED) is 0.156. The second-order valence-electron chi connectivity index (χ2n) is 17.7. The molecule has 292 valence electrons. The third-order valence-electron chi connectivity index (χ3n) is 13.5. The Kier molecular flexibility index (Phi) is 8.58. The number of hydrogen-bond acceptors (Lipinski definition) is 1. The number of rotatable bonds is 7. The van der Waals surface area contributed by atoms with Crippen molar-refractivity contribution in [1.29, 1.82) is 0 Å². The lowest BCUT2D eigenvalue weighted by atomic mass is 9.82. The Bertz CT molecular complexity index is 3100. The van der Waals surface area contributed by atoms with Crippen LogP contribution in [0.5, 0.6) is 0 Å². The van der Waals surface area contributed by atoms with Crippen molar-refractivity contribution >= 4 is 17.1 Å². The Morgan fingerprint density at radius 3 is 1.33 bits per heavy atom. The molecule has 0 radical (unpaired) electrons. The summed E-state index contributed by atoms with van der Waals surface area (Å²) in [6.07, 6.45) is 0. The van der Waals surface area contributed by atoms with Gasteiger partial charge in [-0.3, -0.25) is 0 Å². The fourth-order valence-corrected chi connectivity index (χ4v) is 10.3. The van der Waals surface area contributed by atoms with E-state index >= 15 is 0 Å². The zero-order valence-corrected chi connectivity index (χ0v) is 35.2. The van der Waals surface area contributed by atoms with Gasteiger partial charge in [-0.25, -0.2) is 0 Å².